The van der Waals surface area contributed by atoms with E-state index in [2.05, 4.69) is 62.7 Å². The van der Waals surface area contributed by atoms with Gasteiger partial charge in [0.25, 0.3) is 0 Å². The number of benzene rings is 1. The van der Waals surface area contributed by atoms with Gasteiger partial charge in [-0.05, 0) is 44.9 Å². The Balaban J connectivity index is 1.92. The number of nitrogens with zero attached hydrogens (tertiary/aromatic N) is 1. The zero-order valence-electron chi connectivity index (χ0n) is 13.8. The van der Waals surface area contributed by atoms with E-state index in [1.165, 1.54) is 5.56 Å². The summed E-state index contributed by atoms with van der Waals surface area (Å²) in [6.07, 6.45) is 1.15. The molecule has 1 aliphatic carbocycles. The van der Waals surface area contributed by atoms with Crippen molar-refractivity contribution >= 4 is 21.9 Å². The lowest BCUT2D eigenvalue weighted by Gasteiger charge is -2.21. The van der Waals surface area contributed by atoms with Gasteiger partial charge in [-0.25, -0.2) is 0 Å². The Morgan fingerprint density at radius 3 is 2.64 bits per heavy atom. The third-order valence-electron chi connectivity index (χ3n) is 3.93. The van der Waals surface area contributed by atoms with Crippen molar-refractivity contribution in [2.45, 2.75) is 44.8 Å². The normalized spacial score (nSPS) is 21.6. The minimum absolute atomic E-state index is 0.239. The molecular weight excluding hydrogens is 342 g/mol. The Kier molecular flexibility index (Phi) is 5.87. The molecule has 0 radical (unpaired) electrons. The molecule has 122 valence electrons. The fourth-order valence-electron chi connectivity index (χ4n) is 2.26. The van der Waals surface area contributed by atoms with E-state index < -0.39 is 0 Å². The summed E-state index contributed by atoms with van der Waals surface area (Å²) in [5, 5.41) is 6.83. The van der Waals surface area contributed by atoms with Gasteiger partial charge in [-0.2, -0.15) is 0 Å². The van der Waals surface area contributed by atoms with E-state index in [4.69, 9.17) is 4.74 Å². The van der Waals surface area contributed by atoms with Crippen LogP contribution in [0.1, 0.15) is 38.7 Å². The topological polar surface area (TPSA) is 45.7 Å². The zero-order chi connectivity index (χ0) is 16.2. The molecule has 1 aromatic rings. The first-order valence-corrected chi connectivity index (χ1v) is 8.60. The predicted molar refractivity (Wildman–Crippen MR) is 95.5 cm³/mol. The van der Waals surface area contributed by atoms with Crippen molar-refractivity contribution in [3.8, 4) is 0 Å². The van der Waals surface area contributed by atoms with Crippen molar-refractivity contribution in [2.24, 2.45) is 4.99 Å². The van der Waals surface area contributed by atoms with Crippen LogP contribution < -0.4 is 10.6 Å². The van der Waals surface area contributed by atoms with Crippen LogP contribution in [0.4, 0.5) is 0 Å². The maximum absolute atomic E-state index is 5.42. The Hall–Kier alpha value is -1.07. The van der Waals surface area contributed by atoms with Gasteiger partial charge in [0.05, 0.1) is 12.1 Å². The second kappa shape index (κ2) is 7.47. The maximum Gasteiger partial charge on any atom is 0.191 e. The van der Waals surface area contributed by atoms with Gasteiger partial charge >= 0.3 is 0 Å². The summed E-state index contributed by atoms with van der Waals surface area (Å²) < 4.78 is 6.54. The van der Waals surface area contributed by atoms with Crippen LogP contribution >= 0.6 is 15.9 Å². The lowest BCUT2D eigenvalue weighted by Crippen LogP contribution is -2.40. The highest BCUT2D eigenvalue weighted by molar-refractivity contribution is 9.10. The molecule has 0 amide bonds. The summed E-state index contributed by atoms with van der Waals surface area (Å²) in [5.41, 5.74) is 1.14. The van der Waals surface area contributed by atoms with Crippen molar-refractivity contribution in [3.05, 3.63) is 34.3 Å². The number of aliphatic imine (C=N–C) groups is 1. The van der Waals surface area contributed by atoms with Crippen LogP contribution in [-0.4, -0.2) is 37.8 Å². The number of hydrogen-bond acceptors (Lipinski definition) is 2. The van der Waals surface area contributed by atoms with Gasteiger partial charge in [-0.15, -0.1) is 0 Å². The van der Waals surface area contributed by atoms with E-state index in [9.17, 15) is 0 Å². The predicted octanol–water partition coefficient (Wildman–Crippen LogP) is 3.29. The van der Waals surface area contributed by atoms with Crippen molar-refractivity contribution in [2.75, 3.05) is 20.2 Å². The number of hydrogen-bond donors (Lipinski definition) is 2. The van der Waals surface area contributed by atoms with Gasteiger partial charge < -0.3 is 15.4 Å². The van der Waals surface area contributed by atoms with Crippen LogP contribution in [0, 0.1) is 0 Å². The zero-order valence-corrected chi connectivity index (χ0v) is 15.4. The molecule has 2 rings (SSSR count). The largest absolute Gasteiger partial charge is 0.377 e. The Morgan fingerprint density at radius 1 is 1.36 bits per heavy atom. The standard InChI is InChI=1S/C17H26BrN3O/c1-5-19-16(20-11-17(2,3)22-4)21-15-10-14(15)12-6-8-13(18)9-7-12/h6-9,14-15H,5,10-11H2,1-4H3,(H2,19,20,21). The van der Waals surface area contributed by atoms with Gasteiger partial charge in [0.1, 0.15) is 0 Å². The average Bonchev–Trinajstić information content (AvgIpc) is 3.25. The van der Waals surface area contributed by atoms with Crippen LogP contribution in [-0.2, 0) is 4.74 Å². The second-order valence-electron chi connectivity index (χ2n) is 6.30. The molecule has 2 unspecified atom stereocenters. The molecule has 0 aliphatic heterocycles. The molecule has 1 aromatic carbocycles. The molecule has 5 heteroatoms. The molecule has 0 saturated heterocycles. The number of methoxy groups -OCH3 is 1. The molecule has 22 heavy (non-hydrogen) atoms. The molecule has 0 bridgehead atoms. The minimum atomic E-state index is -0.239. The molecule has 1 aliphatic rings. The van der Waals surface area contributed by atoms with Crippen LogP contribution in [0.25, 0.3) is 0 Å². The molecule has 4 nitrogen and oxygen atoms in total. The van der Waals surface area contributed by atoms with Gasteiger partial charge in [0.2, 0.25) is 0 Å². The fraction of sp³-hybridized carbons (Fsp3) is 0.588. The number of guanidine groups is 1. The Morgan fingerprint density at radius 2 is 2.05 bits per heavy atom. The molecule has 1 fully saturated rings. The fourth-order valence-corrected chi connectivity index (χ4v) is 2.53. The van der Waals surface area contributed by atoms with Crippen LogP contribution in [0.2, 0.25) is 0 Å². The third kappa shape index (κ3) is 4.99. The summed E-state index contributed by atoms with van der Waals surface area (Å²) in [6, 6.07) is 9.05. The van der Waals surface area contributed by atoms with Gasteiger partial charge in [0, 0.05) is 30.1 Å². The van der Waals surface area contributed by atoms with E-state index in [-0.39, 0.29) is 5.60 Å². The Labute approximate surface area is 141 Å². The summed E-state index contributed by atoms with van der Waals surface area (Å²) in [6.45, 7) is 7.66. The Bertz CT molecular complexity index is 513. The molecule has 0 aromatic heterocycles. The molecule has 1 saturated carbocycles. The van der Waals surface area contributed by atoms with E-state index in [1.807, 2.05) is 13.8 Å². The molecular formula is C17H26BrN3O. The average molecular weight is 368 g/mol. The van der Waals surface area contributed by atoms with Crippen molar-refractivity contribution in [1.29, 1.82) is 0 Å². The highest BCUT2D eigenvalue weighted by Gasteiger charge is 2.39. The third-order valence-corrected chi connectivity index (χ3v) is 4.45. The van der Waals surface area contributed by atoms with Gasteiger partial charge in [-0.3, -0.25) is 4.99 Å². The number of nitrogens with one attached hydrogen (secondary N) is 2. The highest BCUT2D eigenvalue weighted by Crippen LogP contribution is 2.40. The quantitative estimate of drug-likeness (QED) is 0.598. The first-order valence-electron chi connectivity index (χ1n) is 7.80. The first kappa shape index (κ1) is 17.3. The van der Waals surface area contributed by atoms with Crippen molar-refractivity contribution in [1.82, 2.24) is 10.6 Å². The van der Waals surface area contributed by atoms with Crippen LogP contribution in [0.15, 0.2) is 33.7 Å². The lowest BCUT2D eigenvalue weighted by atomic mass is 10.1. The lowest BCUT2D eigenvalue weighted by molar-refractivity contribution is 0.0310. The van der Waals surface area contributed by atoms with E-state index in [0.717, 1.165) is 23.4 Å². The molecule has 0 spiro atoms. The molecule has 2 atom stereocenters. The smallest absolute Gasteiger partial charge is 0.191 e. The second-order valence-corrected chi connectivity index (χ2v) is 7.22. The van der Waals surface area contributed by atoms with E-state index in [0.29, 0.717) is 18.5 Å². The van der Waals surface area contributed by atoms with Crippen molar-refractivity contribution < 1.29 is 4.74 Å². The monoisotopic (exact) mass is 367 g/mol. The van der Waals surface area contributed by atoms with Crippen LogP contribution in [0.5, 0.6) is 0 Å². The summed E-state index contributed by atoms with van der Waals surface area (Å²) in [7, 11) is 1.72. The minimum Gasteiger partial charge on any atom is -0.377 e. The van der Waals surface area contributed by atoms with Crippen molar-refractivity contribution in [3.63, 3.8) is 0 Å². The highest BCUT2D eigenvalue weighted by atomic mass is 79.9. The summed E-state index contributed by atoms with van der Waals surface area (Å²) in [5.74, 6) is 1.45. The van der Waals surface area contributed by atoms with E-state index in [1.54, 1.807) is 7.11 Å². The number of ether oxygens (including phenoxy) is 1. The number of rotatable bonds is 6. The summed E-state index contributed by atoms with van der Waals surface area (Å²) in [4.78, 5) is 4.64. The summed E-state index contributed by atoms with van der Waals surface area (Å²) >= 11 is 3.48. The van der Waals surface area contributed by atoms with E-state index >= 15 is 0 Å². The maximum atomic E-state index is 5.42. The molecule has 2 N–H and O–H groups in total. The van der Waals surface area contributed by atoms with Gasteiger partial charge in [-0.1, -0.05) is 28.1 Å². The molecule has 0 heterocycles. The van der Waals surface area contributed by atoms with Crippen LogP contribution in [0.3, 0.4) is 0 Å². The first-order chi connectivity index (χ1) is 10.4. The SMILES string of the molecule is CCNC(=NCC(C)(C)OC)NC1CC1c1ccc(Br)cc1. The number of halogens is 1. The van der Waals surface area contributed by atoms with Gasteiger partial charge in [0.15, 0.2) is 5.96 Å².